The Labute approximate surface area is 102 Å². The third-order valence-corrected chi connectivity index (χ3v) is 4.14. The van der Waals surface area contributed by atoms with E-state index in [1.165, 1.54) is 0 Å². The standard InChI is InChI=1S/C12H21N3O2/c13-7-8-3-1-4-9(8)12(17)15-6-2-5-10(15)11(14)16/h8-10H,1-7,13H2,(H2,14,16). The molecule has 5 nitrogen and oxygen atoms in total. The zero-order valence-corrected chi connectivity index (χ0v) is 10.1. The summed E-state index contributed by atoms with van der Waals surface area (Å²) in [5, 5.41) is 0. The van der Waals surface area contributed by atoms with Crippen LogP contribution in [0.15, 0.2) is 0 Å². The SMILES string of the molecule is NCC1CCCC1C(=O)N1CCCC1C(N)=O. The van der Waals surface area contributed by atoms with Gasteiger partial charge in [0.25, 0.3) is 0 Å². The fourth-order valence-corrected chi connectivity index (χ4v) is 3.18. The van der Waals surface area contributed by atoms with Gasteiger partial charge in [0.2, 0.25) is 11.8 Å². The van der Waals surface area contributed by atoms with Crippen molar-refractivity contribution < 1.29 is 9.59 Å². The second kappa shape index (κ2) is 5.04. The number of nitrogens with two attached hydrogens (primary N) is 2. The molecule has 1 heterocycles. The highest BCUT2D eigenvalue weighted by Crippen LogP contribution is 2.34. The molecule has 1 aliphatic heterocycles. The number of carbonyl (C=O) groups is 2. The van der Waals surface area contributed by atoms with E-state index in [9.17, 15) is 9.59 Å². The van der Waals surface area contributed by atoms with E-state index < -0.39 is 0 Å². The van der Waals surface area contributed by atoms with Crippen LogP contribution in [-0.4, -0.2) is 35.8 Å². The van der Waals surface area contributed by atoms with Gasteiger partial charge >= 0.3 is 0 Å². The van der Waals surface area contributed by atoms with Crippen molar-refractivity contribution in [2.75, 3.05) is 13.1 Å². The highest BCUT2D eigenvalue weighted by atomic mass is 16.2. The average Bonchev–Trinajstić information content (AvgIpc) is 2.96. The molecule has 0 bridgehead atoms. The number of primary amides is 1. The van der Waals surface area contributed by atoms with Crippen molar-refractivity contribution >= 4 is 11.8 Å². The van der Waals surface area contributed by atoms with Gasteiger partial charge in [0, 0.05) is 12.5 Å². The summed E-state index contributed by atoms with van der Waals surface area (Å²) in [5.74, 6) is 0.0222. The van der Waals surface area contributed by atoms with E-state index in [1.54, 1.807) is 4.90 Å². The Hall–Kier alpha value is -1.10. The zero-order valence-electron chi connectivity index (χ0n) is 10.1. The first-order valence-corrected chi connectivity index (χ1v) is 6.45. The van der Waals surface area contributed by atoms with Gasteiger partial charge in [-0.2, -0.15) is 0 Å². The van der Waals surface area contributed by atoms with Gasteiger partial charge in [0.1, 0.15) is 6.04 Å². The minimum absolute atomic E-state index is 0.0138. The second-order valence-electron chi connectivity index (χ2n) is 5.13. The van der Waals surface area contributed by atoms with Gasteiger partial charge in [-0.15, -0.1) is 0 Å². The lowest BCUT2D eigenvalue weighted by Gasteiger charge is -2.27. The third kappa shape index (κ3) is 2.29. The Morgan fingerprint density at radius 3 is 2.59 bits per heavy atom. The van der Waals surface area contributed by atoms with Gasteiger partial charge < -0.3 is 16.4 Å². The monoisotopic (exact) mass is 239 g/mol. The van der Waals surface area contributed by atoms with Crippen molar-refractivity contribution in [3.05, 3.63) is 0 Å². The number of amides is 2. The fourth-order valence-electron chi connectivity index (χ4n) is 3.18. The number of hydrogen-bond donors (Lipinski definition) is 2. The molecule has 0 aromatic carbocycles. The molecule has 1 saturated heterocycles. The molecule has 1 saturated carbocycles. The number of carbonyl (C=O) groups excluding carboxylic acids is 2. The van der Waals surface area contributed by atoms with Gasteiger partial charge in [0.05, 0.1) is 0 Å². The molecule has 5 heteroatoms. The molecule has 2 amide bonds. The van der Waals surface area contributed by atoms with Gasteiger partial charge in [-0.05, 0) is 38.1 Å². The van der Waals surface area contributed by atoms with Crippen LogP contribution in [0.4, 0.5) is 0 Å². The van der Waals surface area contributed by atoms with E-state index in [4.69, 9.17) is 11.5 Å². The van der Waals surface area contributed by atoms with Crippen LogP contribution in [0.1, 0.15) is 32.1 Å². The van der Waals surface area contributed by atoms with E-state index in [0.29, 0.717) is 19.5 Å². The molecule has 2 aliphatic rings. The van der Waals surface area contributed by atoms with E-state index in [1.807, 2.05) is 0 Å². The van der Waals surface area contributed by atoms with Crippen LogP contribution in [0.25, 0.3) is 0 Å². The normalized spacial score (nSPS) is 33.0. The summed E-state index contributed by atoms with van der Waals surface area (Å²) in [4.78, 5) is 25.4. The van der Waals surface area contributed by atoms with Crippen LogP contribution in [0.2, 0.25) is 0 Å². The van der Waals surface area contributed by atoms with Crippen LogP contribution in [0.3, 0.4) is 0 Å². The molecular weight excluding hydrogens is 218 g/mol. The maximum absolute atomic E-state index is 12.4. The Morgan fingerprint density at radius 1 is 1.18 bits per heavy atom. The lowest BCUT2D eigenvalue weighted by atomic mass is 9.94. The minimum atomic E-state index is -0.387. The Kier molecular flexibility index (Phi) is 3.66. The predicted octanol–water partition coefficient (Wildman–Crippen LogP) is -0.162. The molecule has 2 rings (SSSR count). The largest absolute Gasteiger partial charge is 0.368 e. The number of hydrogen-bond acceptors (Lipinski definition) is 3. The smallest absolute Gasteiger partial charge is 0.240 e. The Morgan fingerprint density at radius 2 is 1.94 bits per heavy atom. The maximum atomic E-state index is 12.4. The van der Waals surface area contributed by atoms with Gasteiger partial charge in [-0.3, -0.25) is 9.59 Å². The summed E-state index contributed by atoms with van der Waals surface area (Å²) in [5.41, 5.74) is 11.0. The maximum Gasteiger partial charge on any atom is 0.240 e. The first-order valence-electron chi connectivity index (χ1n) is 6.45. The van der Waals surface area contributed by atoms with Crippen molar-refractivity contribution in [1.29, 1.82) is 0 Å². The number of rotatable bonds is 3. The van der Waals surface area contributed by atoms with Crippen LogP contribution < -0.4 is 11.5 Å². The third-order valence-electron chi connectivity index (χ3n) is 4.14. The topological polar surface area (TPSA) is 89.4 Å². The molecule has 2 fully saturated rings. The molecule has 0 spiro atoms. The van der Waals surface area contributed by atoms with E-state index in [-0.39, 0.29) is 29.7 Å². The zero-order chi connectivity index (χ0) is 12.4. The first kappa shape index (κ1) is 12.4. The van der Waals surface area contributed by atoms with Crippen molar-refractivity contribution in [3.63, 3.8) is 0 Å². The summed E-state index contributed by atoms with van der Waals surface area (Å²) >= 11 is 0. The quantitative estimate of drug-likeness (QED) is 0.717. The predicted molar refractivity (Wildman–Crippen MR) is 63.8 cm³/mol. The molecule has 3 atom stereocenters. The molecule has 1 aliphatic carbocycles. The molecule has 17 heavy (non-hydrogen) atoms. The van der Waals surface area contributed by atoms with Crippen LogP contribution in [-0.2, 0) is 9.59 Å². The summed E-state index contributed by atoms with van der Waals surface area (Å²) in [6.45, 7) is 1.23. The van der Waals surface area contributed by atoms with Crippen molar-refractivity contribution in [3.8, 4) is 0 Å². The van der Waals surface area contributed by atoms with Crippen LogP contribution in [0.5, 0.6) is 0 Å². The fraction of sp³-hybridized carbons (Fsp3) is 0.833. The molecule has 96 valence electrons. The van der Waals surface area contributed by atoms with Gasteiger partial charge in [0.15, 0.2) is 0 Å². The van der Waals surface area contributed by atoms with E-state index in [0.717, 1.165) is 25.7 Å². The van der Waals surface area contributed by atoms with Crippen LogP contribution in [0, 0.1) is 11.8 Å². The van der Waals surface area contributed by atoms with E-state index >= 15 is 0 Å². The summed E-state index contributed by atoms with van der Waals surface area (Å²) in [6.07, 6.45) is 4.58. The van der Waals surface area contributed by atoms with Crippen LogP contribution >= 0.6 is 0 Å². The van der Waals surface area contributed by atoms with Crippen molar-refractivity contribution in [1.82, 2.24) is 4.90 Å². The molecule has 0 aromatic rings. The minimum Gasteiger partial charge on any atom is -0.368 e. The van der Waals surface area contributed by atoms with Gasteiger partial charge in [-0.1, -0.05) is 6.42 Å². The molecular formula is C12H21N3O2. The number of likely N-dealkylation sites (tertiary alicyclic amines) is 1. The first-order chi connectivity index (χ1) is 8.15. The number of nitrogens with zero attached hydrogens (tertiary/aromatic N) is 1. The lowest BCUT2D eigenvalue weighted by molar-refractivity contribution is -0.141. The highest BCUT2D eigenvalue weighted by Gasteiger charge is 2.40. The lowest BCUT2D eigenvalue weighted by Crippen LogP contribution is -2.47. The Balaban J connectivity index is 2.06. The highest BCUT2D eigenvalue weighted by molar-refractivity contribution is 5.88. The molecule has 0 aromatic heterocycles. The van der Waals surface area contributed by atoms with Crippen molar-refractivity contribution in [2.24, 2.45) is 23.3 Å². The molecule has 4 N–H and O–H groups in total. The van der Waals surface area contributed by atoms with E-state index in [2.05, 4.69) is 0 Å². The summed E-state index contributed by atoms with van der Waals surface area (Å²) < 4.78 is 0. The average molecular weight is 239 g/mol. The summed E-state index contributed by atoms with van der Waals surface area (Å²) in [6, 6.07) is -0.387. The summed E-state index contributed by atoms with van der Waals surface area (Å²) in [7, 11) is 0. The van der Waals surface area contributed by atoms with Crippen molar-refractivity contribution in [2.45, 2.75) is 38.1 Å². The Bertz CT molecular complexity index is 319. The molecule has 3 unspecified atom stereocenters. The van der Waals surface area contributed by atoms with Gasteiger partial charge in [-0.25, -0.2) is 0 Å². The molecule has 0 radical (unpaired) electrons. The second-order valence-corrected chi connectivity index (χ2v) is 5.13.